The fourth-order valence-electron chi connectivity index (χ4n) is 1.32. The second-order valence-corrected chi connectivity index (χ2v) is 4.51. The van der Waals surface area contributed by atoms with E-state index in [-0.39, 0.29) is 22.2 Å². The molecule has 1 aromatic heterocycles. The molecule has 2 aromatic rings. The zero-order valence-electron chi connectivity index (χ0n) is 7.75. The molecule has 1 aromatic carbocycles. The van der Waals surface area contributed by atoms with Crippen LogP contribution in [0.15, 0.2) is 35.4 Å². The Morgan fingerprint density at radius 1 is 1.19 bits per heavy atom. The van der Waals surface area contributed by atoms with Crippen LogP contribution in [0.2, 0.25) is 5.02 Å². The molecule has 0 bridgehead atoms. The average Bonchev–Trinajstić information content (AvgIpc) is 2.17. The van der Waals surface area contributed by atoms with Crippen LogP contribution < -0.4 is 0 Å². The van der Waals surface area contributed by atoms with E-state index in [4.69, 9.17) is 11.6 Å². The van der Waals surface area contributed by atoms with E-state index in [2.05, 4.69) is 4.98 Å². The fraction of sp³-hybridized carbons (Fsp3) is 0.100. The maximum Gasteiger partial charge on any atom is 0.446 e. The Kier molecular flexibility index (Phi) is 2.99. The van der Waals surface area contributed by atoms with E-state index in [1.54, 1.807) is 12.1 Å². The highest BCUT2D eigenvalue weighted by Crippen LogP contribution is 2.40. The van der Waals surface area contributed by atoms with Crippen LogP contribution in [0.3, 0.4) is 0 Å². The zero-order valence-corrected chi connectivity index (χ0v) is 9.33. The molecular weight excluding hydrogens is 259 g/mol. The number of pyridine rings is 1. The van der Waals surface area contributed by atoms with Crippen LogP contribution in [0.1, 0.15) is 0 Å². The minimum Gasteiger partial charge on any atom is -0.255 e. The van der Waals surface area contributed by atoms with Gasteiger partial charge in [0, 0.05) is 16.5 Å². The molecule has 16 heavy (non-hydrogen) atoms. The molecule has 0 amide bonds. The molecule has 0 atom stereocenters. The van der Waals surface area contributed by atoms with E-state index in [9.17, 15) is 13.2 Å². The molecule has 0 fully saturated rings. The molecule has 0 spiro atoms. The average molecular weight is 264 g/mol. The standard InChI is InChI=1S/C10H5ClF3NS/c11-7-4-5-15-9-6(7)2-1-3-8(9)16-10(12,13)14/h1-5H. The summed E-state index contributed by atoms with van der Waals surface area (Å²) >= 11 is 5.69. The normalized spacial score (nSPS) is 12.0. The maximum atomic E-state index is 12.3. The van der Waals surface area contributed by atoms with E-state index in [1.165, 1.54) is 18.3 Å². The van der Waals surface area contributed by atoms with Crippen molar-refractivity contribution in [1.82, 2.24) is 4.98 Å². The summed E-state index contributed by atoms with van der Waals surface area (Å²) in [4.78, 5) is 3.98. The van der Waals surface area contributed by atoms with Crippen molar-refractivity contribution in [2.75, 3.05) is 0 Å². The molecule has 84 valence electrons. The number of rotatable bonds is 1. The number of fused-ring (bicyclic) bond motifs is 1. The third kappa shape index (κ3) is 2.41. The number of alkyl halides is 3. The van der Waals surface area contributed by atoms with Gasteiger partial charge in [-0.1, -0.05) is 23.7 Å². The van der Waals surface area contributed by atoms with Gasteiger partial charge in [0.1, 0.15) is 0 Å². The summed E-state index contributed by atoms with van der Waals surface area (Å²) in [6.45, 7) is 0. The minimum absolute atomic E-state index is 0.0625. The highest BCUT2D eigenvalue weighted by molar-refractivity contribution is 8.00. The van der Waals surface area contributed by atoms with Crippen molar-refractivity contribution in [3.05, 3.63) is 35.5 Å². The van der Waals surface area contributed by atoms with Crippen LogP contribution >= 0.6 is 23.4 Å². The SMILES string of the molecule is FC(F)(F)Sc1cccc2c(Cl)ccnc12. The Bertz CT molecular complexity index is 527. The van der Waals surface area contributed by atoms with Crippen LogP contribution in [-0.4, -0.2) is 10.5 Å². The number of para-hydroxylation sites is 1. The van der Waals surface area contributed by atoms with Gasteiger partial charge >= 0.3 is 5.51 Å². The van der Waals surface area contributed by atoms with Gasteiger partial charge in [-0.25, -0.2) is 0 Å². The predicted octanol–water partition coefficient (Wildman–Crippen LogP) is 4.50. The predicted molar refractivity (Wildman–Crippen MR) is 58.7 cm³/mol. The summed E-state index contributed by atoms with van der Waals surface area (Å²) in [5, 5.41) is 0.924. The lowest BCUT2D eigenvalue weighted by atomic mass is 10.2. The third-order valence-electron chi connectivity index (χ3n) is 1.91. The first-order valence-corrected chi connectivity index (χ1v) is 5.46. The van der Waals surface area contributed by atoms with E-state index < -0.39 is 5.51 Å². The van der Waals surface area contributed by atoms with Crippen molar-refractivity contribution in [3.8, 4) is 0 Å². The van der Waals surface area contributed by atoms with Gasteiger partial charge in [0.15, 0.2) is 0 Å². The van der Waals surface area contributed by atoms with Crippen molar-refractivity contribution in [1.29, 1.82) is 0 Å². The second kappa shape index (κ2) is 4.14. The minimum atomic E-state index is -4.32. The molecule has 0 unspecified atom stereocenters. The van der Waals surface area contributed by atoms with E-state index >= 15 is 0 Å². The number of thioether (sulfide) groups is 1. The summed E-state index contributed by atoms with van der Waals surface area (Å²) in [5.74, 6) is 0. The third-order valence-corrected chi connectivity index (χ3v) is 3.02. The van der Waals surface area contributed by atoms with Crippen molar-refractivity contribution in [2.24, 2.45) is 0 Å². The first-order chi connectivity index (χ1) is 7.47. The van der Waals surface area contributed by atoms with Gasteiger partial charge in [-0.05, 0) is 23.9 Å². The van der Waals surface area contributed by atoms with E-state index in [0.29, 0.717) is 10.4 Å². The lowest BCUT2D eigenvalue weighted by Crippen LogP contribution is -1.99. The van der Waals surface area contributed by atoms with Gasteiger partial charge in [0.25, 0.3) is 0 Å². The molecule has 0 saturated carbocycles. The molecular formula is C10H5ClF3NS. The molecule has 0 aliphatic carbocycles. The molecule has 0 aliphatic rings. The molecule has 2 rings (SSSR count). The number of nitrogens with zero attached hydrogens (tertiary/aromatic N) is 1. The monoisotopic (exact) mass is 263 g/mol. The smallest absolute Gasteiger partial charge is 0.255 e. The Hall–Kier alpha value is -0.940. The molecule has 1 nitrogen and oxygen atoms in total. The highest BCUT2D eigenvalue weighted by Gasteiger charge is 2.30. The summed E-state index contributed by atoms with van der Waals surface area (Å²) in [5.41, 5.74) is -4.05. The van der Waals surface area contributed by atoms with Gasteiger partial charge in [-0.2, -0.15) is 13.2 Å². The lowest BCUT2D eigenvalue weighted by Gasteiger charge is -2.08. The summed E-state index contributed by atoms with van der Waals surface area (Å²) in [6.07, 6.45) is 1.39. The summed E-state index contributed by atoms with van der Waals surface area (Å²) in [6, 6.07) is 6.10. The topological polar surface area (TPSA) is 12.9 Å². The Balaban J connectivity index is 2.58. The van der Waals surface area contributed by atoms with Crippen LogP contribution in [0, 0.1) is 0 Å². The van der Waals surface area contributed by atoms with Gasteiger partial charge in [-0.3, -0.25) is 4.98 Å². The highest BCUT2D eigenvalue weighted by atomic mass is 35.5. The quantitative estimate of drug-likeness (QED) is 0.703. The van der Waals surface area contributed by atoms with E-state index in [0.717, 1.165) is 0 Å². The van der Waals surface area contributed by atoms with Crippen LogP contribution in [0.5, 0.6) is 0 Å². The second-order valence-electron chi connectivity index (χ2n) is 2.99. The first-order valence-electron chi connectivity index (χ1n) is 4.26. The number of hydrogen-bond donors (Lipinski definition) is 0. The number of aromatic nitrogens is 1. The van der Waals surface area contributed by atoms with Crippen LogP contribution in [0.25, 0.3) is 10.9 Å². The first kappa shape index (κ1) is 11.5. The van der Waals surface area contributed by atoms with Gasteiger partial charge in [0.2, 0.25) is 0 Å². The largest absolute Gasteiger partial charge is 0.446 e. The number of benzene rings is 1. The maximum absolute atomic E-state index is 12.3. The molecule has 1 heterocycles. The molecule has 0 N–H and O–H groups in total. The van der Waals surface area contributed by atoms with Crippen LogP contribution in [0.4, 0.5) is 13.2 Å². The number of halogens is 4. The molecule has 0 saturated heterocycles. The fourth-order valence-corrected chi connectivity index (χ4v) is 2.19. The van der Waals surface area contributed by atoms with Crippen molar-refractivity contribution in [2.45, 2.75) is 10.4 Å². The van der Waals surface area contributed by atoms with Crippen molar-refractivity contribution in [3.63, 3.8) is 0 Å². The molecule has 6 heteroatoms. The Morgan fingerprint density at radius 3 is 2.62 bits per heavy atom. The summed E-state index contributed by atoms with van der Waals surface area (Å²) < 4.78 is 36.8. The van der Waals surface area contributed by atoms with Crippen molar-refractivity contribution < 1.29 is 13.2 Å². The van der Waals surface area contributed by atoms with Gasteiger partial charge in [-0.15, -0.1) is 0 Å². The van der Waals surface area contributed by atoms with E-state index in [1.807, 2.05) is 0 Å². The Morgan fingerprint density at radius 2 is 1.94 bits per heavy atom. The Labute approximate surface area is 98.6 Å². The molecule has 0 aliphatic heterocycles. The van der Waals surface area contributed by atoms with Gasteiger partial charge < -0.3 is 0 Å². The zero-order chi connectivity index (χ0) is 11.8. The van der Waals surface area contributed by atoms with Gasteiger partial charge in [0.05, 0.1) is 10.5 Å². The summed E-state index contributed by atoms with van der Waals surface area (Å²) in [7, 11) is 0. The molecule has 0 radical (unpaired) electrons. The lowest BCUT2D eigenvalue weighted by molar-refractivity contribution is -0.0327. The van der Waals surface area contributed by atoms with Crippen molar-refractivity contribution >= 4 is 34.3 Å². The van der Waals surface area contributed by atoms with Crippen LogP contribution in [-0.2, 0) is 0 Å². The number of hydrogen-bond acceptors (Lipinski definition) is 2.